The third-order valence-electron chi connectivity index (χ3n) is 4.12. The third-order valence-corrected chi connectivity index (χ3v) is 4.12. The second kappa shape index (κ2) is 9.61. The summed E-state index contributed by atoms with van der Waals surface area (Å²) in [5.41, 5.74) is 1.52. The highest BCUT2D eigenvalue weighted by molar-refractivity contribution is 5.92. The molecule has 0 saturated heterocycles. The molecule has 0 unspecified atom stereocenters. The number of carbonyl (C=O) groups excluding carboxylic acids is 3. The number of hydrogen-bond donors (Lipinski definition) is 0. The Balaban J connectivity index is 1.63. The van der Waals surface area contributed by atoms with Gasteiger partial charge >= 0.3 is 17.9 Å². The molecule has 162 valence electrons. The van der Waals surface area contributed by atoms with E-state index in [1.54, 1.807) is 44.2 Å². The molecule has 0 fully saturated rings. The van der Waals surface area contributed by atoms with E-state index in [9.17, 15) is 14.4 Å². The number of furan rings is 1. The maximum atomic E-state index is 12.3. The van der Waals surface area contributed by atoms with Gasteiger partial charge in [0.05, 0.1) is 5.56 Å². The van der Waals surface area contributed by atoms with E-state index in [1.807, 2.05) is 0 Å². The Kier molecular flexibility index (Phi) is 6.70. The molecule has 0 atom stereocenters. The van der Waals surface area contributed by atoms with E-state index in [-0.39, 0.29) is 22.8 Å². The number of esters is 3. The van der Waals surface area contributed by atoms with E-state index in [4.69, 9.17) is 18.6 Å². The van der Waals surface area contributed by atoms with Crippen LogP contribution >= 0.6 is 0 Å². The van der Waals surface area contributed by atoms with E-state index in [1.165, 1.54) is 30.3 Å². The lowest BCUT2D eigenvalue weighted by Gasteiger charge is -2.05. The Labute approximate surface area is 184 Å². The molecule has 1 heterocycles. The van der Waals surface area contributed by atoms with Crippen molar-refractivity contribution in [2.75, 3.05) is 0 Å². The first-order valence-electron chi connectivity index (χ1n) is 9.51. The van der Waals surface area contributed by atoms with Gasteiger partial charge in [0.15, 0.2) is 0 Å². The number of carbonyl (C=O) groups is 3. The van der Waals surface area contributed by atoms with Crippen LogP contribution in [0.1, 0.15) is 24.2 Å². The van der Waals surface area contributed by atoms with Crippen molar-refractivity contribution in [2.24, 2.45) is 0 Å². The van der Waals surface area contributed by atoms with Crippen molar-refractivity contribution in [3.05, 3.63) is 90.5 Å². The van der Waals surface area contributed by atoms with Gasteiger partial charge in [0.25, 0.3) is 5.95 Å². The Morgan fingerprint density at radius 1 is 0.688 bits per heavy atom. The lowest BCUT2D eigenvalue weighted by atomic mass is 10.2. The van der Waals surface area contributed by atoms with Crippen molar-refractivity contribution < 1.29 is 33.0 Å². The second-order valence-electron chi connectivity index (χ2n) is 6.90. The van der Waals surface area contributed by atoms with E-state index >= 15 is 0 Å². The van der Waals surface area contributed by atoms with Crippen LogP contribution in [0.25, 0.3) is 11.3 Å². The zero-order valence-electron chi connectivity index (χ0n) is 17.5. The van der Waals surface area contributed by atoms with E-state index in [0.717, 1.165) is 0 Å². The standard InChI is InChI=1S/C25H20O7/c1-15(2)23(26)29-19-9-5-17(6-10-19)21-13-14-22(31-21)32-25(28)18-7-11-20(12-8-18)30-24(27)16(3)4/h5-14H,1,3H2,2,4H3. The van der Waals surface area contributed by atoms with Crippen LogP contribution in [0.15, 0.2) is 89.4 Å². The second-order valence-corrected chi connectivity index (χ2v) is 6.90. The average Bonchev–Trinajstić information content (AvgIpc) is 3.23. The average molecular weight is 432 g/mol. The zero-order chi connectivity index (χ0) is 23.3. The molecule has 0 amide bonds. The minimum atomic E-state index is -0.634. The zero-order valence-corrected chi connectivity index (χ0v) is 17.5. The summed E-state index contributed by atoms with van der Waals surface area (Å²) in [5.74, 6) is -0.555. The summed E-state index contributed by atoms with van der Waals surface area (Å²) in [6, 6.07) is 15.7. The quantitative estimate of drug-likeness (QED) is 0.290. The van der Waals surface area contributed by atoms with Crippen LogP contribution in [0.4, 0.5) is 0 Å². The summed E-state index contributed by atoms with van der Waals surface area (Å²) in [7, 11) is 0. The molecule has 32 heavy (non-hydrogen) atoms. The molecule has 3 aromatic rings. The van der Waals surface area contributed by atoms with Gasteiger partial charge in [-0.15, -0.1) is 0 Å². The summed E-state index contributed by atoms with van der Waals surface area (Å²) in [5, 5.41) is 0. The maximum Gasteiger partial charge on any atom is 0.345 e. The van der Waals surface area contributed by atoms with Crippen molar-refractivity contribution in [3.63, 3.8) is 0 Å². The SMILES string of the molecule is C=C(C)C(=O)Oc1ccc(C(=O)Oc2ccc(-c3ccc(OC(=O)C(=C)C)cc3)o2)cc1. The number of hydrogen-bond acceptors (Lipinski definition) is 7. The Hall–Kier alpha value is -4.39. The molecule has 0 N–H and O–H groups in total. The van der Waals surface area contributed by atoms with Gasteiger partial charge in [0.1, 0.15) is 17.3 Å². The van der Waals surface area contributed by atoms with Crippen molar-refractivity contribution >= 4 is 17.9 Å². The van der Waals surface area contributed by atoms with Gasteiger partial charge in [-0.05, 0) is 68.4 Å². The lowest BCUT2D eigenvalue weighted by molar-refractivity contribution is -0.130. The molecule has 3 rings (SSSR count). The van der Waals surface area contributed by atoms with Gasteiger partial charge in [-0.2, -0.15) is 0 Å². The van der Waals surface area contributed by atoms with E-state index in [2.05, 4.69) is 13.2 Å². The van der Waals surface area contributed by atoms with Crippen LogP contribution in [0.2, 0.25) is 0 Å². The Bertz CT molecular complexity index is 1180. The fraction of sp³-hybridized carbons (Fsp3) is 0.0800. The van der Waals surface area contributed by atoms with Crippen molar-refractivity contribution in [1.82, 2.24) is 0 Å². The summed E-state index contributed by atoms with van der Waals surface area (Å²) >= 11 is 0. The van der Waals surface area contributed by atoms with Crippen LogP contribution < -0.4 is 14.2 Å². The molecule has 1 aromatic heterocycles. The lowest BCUT2D eigenvalue weighted by Crippen LogP contribution is -2.10. The first-order chi connectivity index (χ1) is 15.2. The molecule has 0 aliphatic rings. The predicted molar refractivity (Wildman–Crippen MR) is 116 cm³/mol. The molecule has 7 nitrogen and oxygen atoms in total. The number of ether oxygens (including phenoxy) is 3. The predicted octanol–water partition coefficient (Wildman–Crippen LogP) is 5.13. The maximum absolute atomic E-state index is 12.3. The van der Waals surface area contributed by atoms with Crippen LogP contribution in [-0.2, 0) is 9.59 Å². The summed E-state index contributed by atoms with van der Waals surface area (Å²) in [6.45, 7) is 10.1. The van der Waals surface area contributed by atoms with Crippen molar-refractivity contribution in [3.8, 4) is 28.8 Å². The smallest absolute Gasteiger partial charge is 0.345 e. The minimum absolute atomic E-state index is 0.0144. The van der Waals surface area contributed by atoms with Crippen LogP contribution in [0.5, 0.6) is 17.4 Å². The molecule has 0 aliphatic carbocycles. The largest absolute Gasteiger partial charge is 0.425 e. The third kappa shape index (κ3) is 5.60. The van der Waals surface area contributed by atoms with Gasteiger partial charge in [-0.1, -0.05) is 13.2 Å². The molecular formula is C25H20O7. The van der Waals surface area contributed by atoms with Gasteiger partial charge in [0.2, 0.25) is 0 Å². The van der Waals surface area contributed by atoms with Crippen molar-refractivity contribution in [1.29, 1.82) is 0 Å². The summed E-state index contributed by atoms with van der Waals surface area (Å²) in [4.78, 5) is 35.4. The fourth-order valence-corrected chi connectivity index (χ4v) is 2.42. The molecule has 0 aliphatic heterocycles. The van der Waals surface area contributed by atoms with Crippen LogP contribution in [0.3, 0.4) is 0 Å². The summed E-state index contributed by atoms with van der Waals surface area (Å²) in [6.07, 6.45) is 0. The van der Waals surface area contributed by atoms with Gasteiger partial charge in [-0.3, -0.25) is 0 Å². The van der Waals surface area contributed by atoms with Crippen LogP contribution in [0, 0.1) is 0 Å². The first kappa shape index (κ1) is 22.3. The molecule has 2 aromatic carbocycles. The first-order valence-corrected chi connectivity index (χ1v) is 9.51. The highest BCUT2D eigenvalue weighted by Crippen LogP contribution is 2.28. The van der Waals surface area contributed by atoms with E-state index < -0.39 is 17.9 Å². The Morgan fingerprint density at radius 2 is 1.19 bits per heavy atom. The number of benzene rings is 2. The van der Waals surface area contributed by atoms with E-state index in [0.29, 0.717) is 22.6 Å². The molecule has 0 radical (unpaired) electrons. The normalized spacial score (nSPS) is 10.2. The summed E-state index contributed by atoms with van der Waals surface area (Å²) < 4.78 is 21.1. The molecule has 0 bridgehead atoms. The highest BCUT2D eigenvalue weighted by atomic mass is 16.6. The van der Waals surface area contributed by atoms with Crippen LogP contribution in [-0.4, -0.2) is 17.9 Å². The minimum Gasteiger partial charge on any atom is -0.425 e. The topological polar surface area (TPSA) is 92.0 Å². The highest BCUT2D eigenvalue weighted by Gasteiger charge is 2.14. The molecular weight excluding hydrogens is 412 g/mol. The fourth-order valence-electron chi connectivity index (χ4n) is 2.42. The molecule has 0 spiro atoms. The van der Waals surface area contributed by atoms with Crippen molar-refractivity contribution in [2.45, 2.75) is 13.8 Å². The number of rotatable bonds is 7. The van der Waals surface area contributed by atoms with Gasteiger partial charge in [0, 0.05) is 22.8 Å². The monoisotopic (exact) mass is 432 g/mol. The molecule has 7 heteroatoms. The Morgan fingerprint density at radius 3 is 1.69 bits per heavy atom. The van der Waals surface area contributed by atoms with Gasteiger partial charge in [-0.25, -0.2) is 14.4 Å². The molecule has 0 saturated carbocycles. The van der Waals surface area contributed by atoms with Gasteiger partial charge < -0.3 is 18.6 Å².